The van der Waals surface area contributed by atoms with Gasteiger partial charge in [-0.05, 0) is 20.4 Å². The molecule has 0 aromatic rings. The second kappa shape index (κ2) is 3.33. The fourth-order valence-corrected chi connectivity index (χ4v) is 1.73. The zero-order valence-corrected chi connectivity index (χ0v) is 8.05. The van der Waals surface area contributed by atoms with Gasteiger partial charge in [0.15, 0.2) is 0 Å². The molecule has 1 rings (SSSR count). The molecule has 6 N–H and O–H groups in total. The van der Waals surface area contributed by atoms with Crippen molar-refractivity contribution in [3.63, 3.8) is 0 Å². The van der Waals surface area contributed by atoms with E-state index in [4.69, 9.17) is 11.5 Å². The van der Waals surface area contributed by atoms with Crippen molar-refractivity contribution in [1.29, 1.82) is 0 Å². The summed E-state index contributed by atoms with van der Waals surface area (Å²) in [6.45, 7) is 2.26. The number of likely N-dealkylation sites (N-methyl/N-ethyl adjacent to an activating group) is 1. The van der Waals surface area contributed by atoms with Crippen molar-refractivity contribution in [2.24, 2.45) is 17.4 Å². The number of ketones is 1. The standard InChI is InChI=1S/C8H16N4O/c1-5(13)8(11-2)3-6(8)4-12-7(9)10/h6,11H,3-4H2,1-2H3,(H4,9,10,12)/p+1/t6?,8-/m0/s1. The maximum Gasteiger partial charge on any atom is 0.338 e. The average Bonchev–Trinajstić information content (AvgIpc) is 2.75. The summed E-state index contributed by atoms with van der Waals surface area (Å²) in [5.74, 6) is 0.690. The van der Waals surface area contributed by atoms with Gasteiger partial charge in [-0.25, -0.2) is 0 Å². The van der Waals surface area contributed by atoms with Gasteiger partial charge in [-0.2, -0.15) is 0 Å². The first kappa shape index (κ1) is 9.98. The summed E-state index contributed by atoms with van der Waals surface area (Å²) in [4.78, 5) is 14.1. The van der Waals surface area contributed by atoms with E-state index < -0.39 is 0 Å². The highest BCUT2D eigenvalue weighted by atomic mass is 16.1. The van der Waals surface area contributed by atoms with Gasteiger partial charge in [0.1, 0.15) is 5.78 Å². The lowest BCUT2D eigenvalue weighted by molar-refractivity contribution is -0.463. The fraction of sp³-hybridized carbons (Fsp3) is 0.750. The summed E-state index contributed by atoms with van der Waals surface area (Å²) < 4.78 is 0. The van der Waals surface area contributed by atoms with E-state index in [-0.39, 0.29) is 17.3 Å². The van der Waals surface area contributed by atoms with E-state index >= 15 is 0 Å². The maximum atomic E-state index is 11.3. The van der Waals surface area contributed by atoms with Crippen LogP contribution in [0.1, 0.15) is 13.3 Å². The molecular weight excluding hydrogens is 168 g/mol. The normalized spacial score (nSPS) is 31.1. The Hall–Kier alpha value is -1.10. The molecule has 1 fully saturated rings. The number of hydrogen-bond acceptors (Lipinski definition) is 2. The van der Waals surface area contributed by atoms with E-state index in [9.17, 15) is 4.79 Å². The summed E-state index contributed by atoms with van der Waals surface area (Å²) in [6.07, 6.45) is 0.860. The largest absolute Gasteiger partial charge is 0.338 e. The van der Waals surface area contributed by atoms with Crippen molar-refractivity contribution in [1.82, 2.24) is 5.32 Å². The Balaban J connectivity index is 2.51. The molecule has 0 amide bonds. The number of nitrogens with two attached hydrogens (primary N) is 2. The zero-order valence-electron chi connectivity index (χ0n) is 8.05. The zero-order chi connectivity index (χ0) is 10.1. The maximum absolute atomic E-state index is 11.3. The Labute approximate surface area is 77.6 Å². The predicted molar refractivity (Wildman–Crippen MR) is 49.8 cm³/mol. The molecule has 2 atom stereocenters. The smallest absolute Gasteiger partial charge is 0.308 e. The monoisotopic (exact) mass is 185 g/mol. The third kappa shape index (κ3) is 1.80. The van der Waals surface area contributed by atoms with Crippen molar-refractivity contribution in [2.45, 2.75) is 18.9 Å². The molecule has 0 heterocycles. The third-order valence-electron chi connectivity index (χ3n) is 2.73. The molecule has 74 valence electrons. The van der Waals surface area contributed by atoms with Gasteiger partial charge < -0.3 is 5.32 Å². The van der Waals surface area contributed by atoms with Crippen molar-refractivity contribution < 1.29 is 9.79 Å². The van der Waals surface area contributed by atoms with Crippen molar-refractivity contribution >= 4 is 11.7 Å². The quantitative estimate of drug-likeness (QED) is 0.276. The number of Topliss-reactive ketones (excluding diaryl/α,β-unsaturated/α-hetero) is 1. The number of nitrogens with one attached hydrogen (secondary N) is 2. The fourth-order valence-electron chi connectivity index (χ4n) is 1.73. The number of rotatable bonds is 4. The van der Waals surface area contributed by atoms with E-state index in [0.29, 0.717) is 12.5 Å². The van der Waals surface area contributed by atoms with Crippen molar-refractivity contribution in [3.8, 4) is 0 Å². The first-order valence-corrected chi connectivity index (χ1v) is 4.34. The molecule has 0 saturated heterocycles. The summed E-state index contributed by atoms with van der Waals surface area (Å²) >= 11 is 0. The molecule has 0 radical (unpaired) electrons. The van der Waals surface area contributed by atoms with Crippen LogP contribution in [0.3, 0.4) is 0 Å². The molecule has 0 aliphatic heterocycles. The van der Waals surface area contributed by atoms with Crippen LogP contribution in [0, 0.1) is 5.92 Å². The molecule has 5 heteroatoms. The Kier molecular flexibility index (Phi) is 2.56. The van der Waals surface area contributed by atoms with Gasteiger partial charge in [-0.3, -0.25) is 21.3 Å². The summed E-state index contributed by atoms with van der Waals surface area (Å²) in [7, 11) is 1.80. The van der Waals surface area contributed by atoms with Gasteiger partial charge in [0.05, 0.1) is 12.1 Å². The molecular formula is C8H17N4O+. The van der Waals surface area contributed by atoms with Crippen LogP contribution < -0.4 is 21.8 Å². The van der Waals surface area contributed by atoms with Gasteiger partial charge in [0.25, 0.3) is 0 Å². The number of carbonyl (C=O) groups is 1. The molecule has 0 aromatic carbocycles. The molecule has 0 spiro atoms. The van der Waals surface area contributed by atoms with Crippen LogP contribution in [0.4, 0.5) is 0 Å². The topological polar surface area (TPSA) is 95.1 Å². The van der Waals surface area contributed by atoms with E-state index in [2.05, 4.69) is 10.3 Å². The molecule has 1 saturated carbocycles. The van der Waals surface area contributed by atoms with E-state index in [0.717, 1.165) is 6.42 Å². The van der Waals surface area contributed by atoms with Crippen LogP contribution in [0.15, 0.2) is 0 Å². The second-order valence-electron chi connectivity index (χ2n) is 3.51. The minimum Gasteiger partial charge on any atom is -0.308 e. The van der Waals surface area contributed by atoms with Crippen LogP contribution >= 0.6 is 0 Å². The number of guanidine groups is 1. The van der Waals surface area contributed by atoms with Crippen LogP contribution in [0.2, 0.25) is 0 Å². The Morgan fingerprint density at radius 2 is 2.31 bits per heavy atom. The lowest BCUT2D eigenvalue weighted by atomic mass is 10.1. The Morgan fingerprint density at radius 1 is 1.69 bits per heavy atom. The molecule has 1 unspecified atom stereocenters. The predicted octanol–water partition coefficient (Wildman–Crippen LogP) is -3.09. The Bertz CT molecular complexity index is 247. The van der Waals surface area contributed by atoms with Gasteiger partial charge in [0.2, 0.25) is 0 Å². The summed E-state index contributed by atoms with van der Waals surface area (Å²) in [6, 6.07) is 0. The van der Waals surface area contributed by atoms with Crippen molar-refractivity contribution in [3.05, 3.63) is 0 Å². The first-order valence-electron chi connectivity index (χ1n) is 4.34. The van der Waals surface area contributed by atoms with Gasteiger partial charge in [-0.1, -0.05) is 0 Å². The molecule has 1 aliphatic carbocycles. The average molecular weight is 185 g/mol. The summed E-state index contributed by atoms with van der Waals surface area (Å²) in [5, 5.41) is 3.05. The second-order valence-corrected chi connectivity index (χ2v) is 3.51. The minimum atomic E-state index is -0.331. The lowest BCUT2D eigenvalue weighted by Gasteiger charge is -2.10. The number of hydrogen-bond donors (Lipinski definition) is 4. The lowest BCUT2D eigenvalue weighted by Crippen LogP contribution is -2.79. The van der Waals surface area contributed by atoms with Crippen LogP contribution in [-0.4, -0.2) is 30.9 Å². The molecule has 1 aliphatic rings. The van der Waals surface area contributed by atoms with Crippen LogP contribution in [0.5, 0.6) is 0 Å². The SMILES string of the molecule is CN[C@]1(C(C)=O)CC1C[NH+]=C(N)N. The van der Waals surface area contributed by atoms with Gasteiger partial charge in [0, 0.05) is 5.92 Å². The molecule has 13 heavy (non-hydrogen) atoms. The van der Waals surface area contributed by atoms with Crippen LogP contribution in [0.25, 0.3) is 0 Å². The third-order valence-corrected chi connectivity index (χ3v) is 2.73. The summed E-state index contributed by atoms with van der Waals surface area (Å²) in [5.41, 5.74) is 10.2. The first-order chi connectivity index (χ1) is 6.03. The van der Waals surface area contributed by atoms with Gasteiger partial charge >= 0.3 is 5.96 Å². The molecule has 0 aromatic heterocycles. The van der Waals surface area contributed by atoms with Crippen molar-refractivity contribution in [2.75, 3.05) is 13.6 Å². The Morgan fingerprint density at radius 3 is 2.62 bits per heavy atom. The highest BCUT2D eigenvalue weighted by molar-refractivity contribution is 5.89. The highest BCUT2D eigenvalue weighted by Gasteiger charge is 2.57. The van der Waals surface area contributed by atoms with Gasteiger partial charge in [-0.15, -0.1) is 0 Å². The molecule has 5 nitrogen and oxygen atoms in total. The molecule has 0 bridgehead atoms. The van der Waals surface area contributed by atoms with E-state index in [1.54, 1.807) is 14.0 Å². The van der Waals surface area contributed by atoms with Crippen LogP contribution in [-0.2, 0) is 4.79 Å². The minimum absolute atomic E-state index is 0.178. The van der Waals surface area contributed by atoms with E-state index in [1.807, 2.05) is 0 Å². The number of carbonyl (C=O) groups excluding carboxylic acids is 1. The van der Waals surface area contributed by atoms with E-state index in [1.165, 1.54) is 0 Å². The highest BCUT2D eigenvalue weighted by Crippen LogP contribution is 2.42.